The molecule has 8 nitrogen and oxygen atoms in total. The molecule has 1 aromatic carbocycles. The predicted octanol–water partition coefficient (Wildman–Crippen LogP) is 2.51. The maximum Gasteiger partial charge on any atom is 0.229 e. The molecular formula is C25H28FN5O3S. The Kier molecular flexibility index (Phi) is 7.30. The van der Waals surface area contributed by atoms with Gasteiger partial charge in [0.05, 0.1) is 11.2 Å². The Morgan fingerprint density at radius 3 is 2.74 bits per heavy atom. The number of carbonyl (C=O) groups is 1. The van der Waals surface area contributed by atoms with E-state index in [1.807, 2.05) is 11.0 Å². The molecule has 0 bridgehead atoms. The topological polar surface area (TPSA) is 118 Å². The summed E-state index contributed by atoms with van der Waals surface area (Å²) in [5.74, 6) is -0.539. The number of hydrogen-bond acceptors (Lipinski definition) is 7. The van der Waals surface area contributed by atoms with Crippen LogP contribution < -0.4 is 16.0 Å². The average molecular weight is 498 g/mol. The van der Waals surface area contributed by atoms with Crippen LogP contribution in [-0.2, 0) is 21.1 Å². The lowest BCUT2D eigenvalue weighted by atomic mass is 9.92. The molecule has 0 saturated carbocycles. The van der Waals surface area contributed by atoms with Gasteiger partial charge in [-0.25, -0.2) is 17.8 Å². The Balaban J connectivity index is 1.65. The molecule has 35 heavy (non-hydrogen) atoms. The van der Waals surface area contributed by atoms with Crippen molar-refractivity contribution in [2.75, 3.05) is 36.1 Å². The van der Waals surface area contributed by atoms with Crippen LogP contribution in [0.25, 0.3) is 0 Å². The highest BCUT2D eigenvalue weighted by Crippen LogP contribution is 2.32. The molecule has 2 atom stereocenters. The zero-order chi connectivity index (χ0) is 25.0. The summed E-state index contributed by atoms with van der Waals surface area (Å²) in [5.41, 5.74) is 7.84. The van der Waals surface area contributed by atoms with Crippen LogP contribution in [0.3, 0.4) is 0 Å². The van der Waals surface area contributed by atoms with Crippen LogP contribution >= 0.6 is 0 Å². The van der Waals surface area contributed by atoms with Gasteiger partial charge in [0.15, 0.2) is 9.84 Å². The molecule has 1 aliphatic heterocycles. The number of benzene rings is 1. The third kappa shape index (κ3) is 5.94. The molecule has 1 aliphatic rings. The van der Waals surface area contributed by atoms with Crippen LogP contribution in [0.5, 0.6) is 0 Å². The number of halogens is 1. The number of pyridine rings is 2. The van der Waals surface area contributed by atoms with Gasteiger partial charge in [-0.2, -0.15) is 0 Å². The van der Waals surface area contributed by atoms with E-state index in [4.69, 9.17) is 10.7 Å². The molecule has 184 valence electrons. The van der Waals surface area contributed by atoms with E-state index in [0.29, 0.717) is 55.2 Å². The summed E-state index contributed by atoms with van der Waals surface area (Å²) < 4.78 is 37.6. The number of amides is 1. The maximum absolute atomic E-state index is 13.6. The van der Waals surface area contributed by atoms with Crippen molar-refractivity contribution in [1.82, 2.24) is 9.97 Å². The van der Waals surface area contributed by atoms with E-state index in [9.17, 15) is 17.6 Å². The third-order valence-electron chi connectivity index (χ3n) is 6.19. The minimum absolute atomic E-state index is 0.303. The van der Waals surface area contributed by atoms with E-state index in [-0.39, 0.29) is 5.82 Å². The summed E-state index contributed by atoms with van der Waals surface area (Å²) in [6, 6.07) is 13.5. The van der Waals surface area contributed by atoms with Gasteiger partial charge in [0.2, 0.25) is 5.91 Å². The molecule has 4 rings (SSSR count). The molecule has 1 fully saturated rings. The molecule has 3 heterocycles. The van der Waals surface area contributed by atoms with E-state index in [1.54, 1.807) is 42.7 Å². The molecular weight excluding hydrogens is 469 g/mol. The van der Waals surface area contributed by atoms with Crippen LogP contribution in [0.4, 0.5) is 16.0 Å². The van der Waals surface area contributed by atoms with Gasteiger partial charge in [0, 0.05) is 43.8 Å². The van der Waals surface area contributed by atoms with E-state index in [1.165, 1.54) is 18.4 Å². The van der Waals surface area contributed by atoms with Gasteiger partial charge >= 0.3 is 0 Å². The highest BCUT2D eigenvalue weighted by Gasteiger charge is 2.32. The molecule has 10 heteroatoms. The van der Waals surface area contributed by atoms with Gasteiger partial charge in [-0.3, -0.25) is 9.78 Å². The molecule has 3 N–H and O–H groups in total. The van der Waals surface area contributed by atoms with Crippen molar-refractivity contribution in [2.45, 2.75) is 24.0 Å². The molecule has 1 amide bonds. The average Bonchev–Trinajstić information content (AvgIpc) is 3.32. The number of primary amides is 1. The Morgan fingerprint density at radius 2 is 2.09 bits per heavy atom. The SMILES string of the molecule is CS(=O)(=O)C1CCN(c2ccc(C(C(N)=O)c3cccnc3)c(NCCc3cccc(F)c3)n2)C1. The first-order valence-electron chi connectivity index (χ1n) is 11.3. The number of nitrogens with zero attached hydrogens (tertiary/aromatic N) is 3. The normalized spacial score (nSPS) is 16.7. The first-order valence-corrected chi connectivity index (χ1v) is 13.3. The van der Waals surface area contributed by atoms with E-state index in [0.717, 1.165) is 5.56 Å². The number of nitrogens with one attached hydrogen (secondary N) is 1. The molecule has 0 radical (unpaired) electrons. The molecule has 1 saturated heterocycles. The summed E-state index contributed by atoms with van der Waals surface area (Å²) in [6.07, 6.45) is 5.54. The second kappa shape index (κ2) is 10.4. The van der Waals surface area contributed by atoms with Crippen LogP contribution in [0.15, 0.2) is 60.9 Å². The number of sulfone groups is 1. The Hall–Kier alpha value is -3.53. The molecule has 2 unspecified atom stereocenters. The first-order chi connectivity index (χ1) is 16.7. The fraction of sp³-hybridized carbons (Fsp3) is 0.320. The van der Waals surface area contributed by atoms with Crippen molar-refractivity contribution >= 4 is 27.4 Å². The monoisotopic (exact) mass is 497 g/mol. The number of anilines is 2. The largest absolute Gasteiger partial charge is 0.369 e. The van der Waals surface area contributed by atoms with E-state index in [2.05, 4.69) is 10.3 Å². The van der Waals surface area contributed by atoms with Gasteiger partial charge in [0.25, 0.3) is 0 Å². The highest BCUT2D eigenvalue weighted by molar-refractivity contribution is 7.91. The minimum Gasteiger partial charge on any atom is -0.369 e. The Morgan fingerprint density at radius 1 is 1.26 bits per heavy atom. The van der Waals surface area contributed by atoms with E-state index >= 15 is 0 Å². The number of hydrogen-bond donors (Lipinski definition) is 2. The van der Waals surface area contributed by atoms with Gasteiger partial charge in [-0.1, -0.05) is 24.3 Å². The van der Waals surface area contributed by atoms with Gasteiger partial charge < -0.3 is 16.0 Å². The smallest absolute Gasteiger partial charge is 0.229 e. The fourth-order valence-electron chi connectivity index (χ4n) is 4.36. The fourth-order valence-corrected chi connectivity index (χ4v) is 5.34. The highest BCUT2D eigenvalue weighted by atomic mass is 32.2. The predicted molar refractivity (Wildman–Crippen MR) is 134 cm³/mol. The van der Waals surface area contributed by atoms with Crippen LogP contribution in [0, 0.1) is 5.82 Å². The van der Waals surface area contributed by atoms with Gasteiger partial charge in [-0.05, 0) is 48.2 Å². The van der Waals surface area contributed by atoms with Crippen LogP contribution in [0.1, 0.15) is 29.0 Å². The zero-order valence-electron chi connectivity index (χ0n) is 19.4. The lowest BCUT2D eigenvalue weighted by molar-refractivity contribution is -0.118. The first kappa shape index (κ1) is 24.6. The van der Waals surface area contributed by atoms with Crippen molar-refractivity contribution < 1.29 is 17.6 Å². The van der Waals surface area contributed by atoms with Gasteiger partial charge in [0.1, 0.15) is 17.5 Å². The number of carbonyl (C=O) groups excluding carboxylic acids is 1. The molecule has 0 aliphatic carbocycles. The quantitative estimate of drug-likeness (QED) is 0.466. The third-order valence-corrected chi connectivity index (χ3v) is 7.79. The lowest BCUT2D eigenvalue weighted by Gasteiger charge is -2.22. The molecule has 2 aromatic heterocycles. The number of aromatic nitrogens is 2. The van der Waals surface area contributed by atoms with Crippen LogP contribution in [0.2, 0.25) is 0 Å². The number of rotatable bonds is 9. The van der Waals surface area contributed by atoms with E-state index < -0.39 is 26.9 Å². The molecule has 0 spiro atoms. The number of nitrogens with two attached hydrogens (primary N) is 1. The second-order valence-corrected chi connectivity index (χ2v) is 11.0. The summed E-state index contributed by atoms with van der Waals surface area (Å²) in [5, 5.41) is 2.84. The maximum atomic E-state index is 13.6. The Bertz CT molecular complexity index is 1300. The van der Waals surface area contributed by atoms with Crippen molar-refractivity contribution in [3.63, 3.8) is 0 Å². The Labute approximate surface area is 204 Å². The molecule has 3 aromatic rings. The van der Waals surface area contributed by atoms with Crippen molar-refractivity contribution in [1.29, 1.82) is 0 Å². The van der Waals surface area contributed by atoms with Crippen molar-refractivity contribution in [3.8, 4) is 0 Å². The van der Waals surface area contributed by atoms with Crippen molar-refractivity contribution in [3.05, 3.63) is 83.4 Å². The lowest BCUT2D eigenvalue weighted by Crippen LogP contribution is -2.28. The standard InChI is InChI=1S/C25H28FN5O3S/c1-35(33,34)20-10-13-31(16-20)22-8-7-21(23(24(27)32)18-5-3-11-28-15-18)25(30-22)29-12-9-17-4-2-6-19(26)14-17/h2-8,11,14-15,20,23H,9-10,12-13,16H2,1H3,(H2,27,32)(H,29,30). The summed E-state index contributed by atoms with van der Waals surface area (Å²) in [6.45, 7) is 1.36. The van der Waals surface area contributed by atoms with Crippen molar-refractivity contribution in [2.24, 2.45) is 5.73 Å². The zero-order valence-corrected chi connectivity index (χ0v) is 20.2. The van der Waals surface area contributed by atoms with Gasteiger partial charge in [-0.15, -0.1) is 0 Å². The summed E-state index contributed by atoms with van der Waals surface area (Å²) in [7, 11) is -3.15. The van der Waals surface area contributed by atoms with Crippen LogP contribution in [-0.4, -0.2) is 55.4 Å². The second-order valence-electron chi connectivity index (χ2n) is 8.72. The summed E-state index contributed by atoms with van der Waals surface area (Å²) in [4.78, 5) is 23.3. The minimum atomic E-state index is -3.15. The summed E-state index contributed by atoms with van der Waals surface area (Å²) >= 11 is 0.